The van der Waals surface area contributed by atoms with Crippen LogP contribution < -0.4 is 10.6 Å². The van der Waals surface area contributed by atoms with Crippen molar-refractivity contribution in [2.24, 2.45) is 0 Å². The van der Waals surface area contributed by atoms with Crippen LogP contribution >= 0.6 is 12.4 Å². The van der Waals surface area contributed by atoms with Gasteiger partial charge in [-0.25, -0.2) is 19.4 Å². The van der Waals surface area contributed by atoms with Crippen LogP contribution in [0.15, 0.2) is 12.5 Å². The first-order valence-electron chi connectivity index (χ1n) is 8.21. The van der Waals surface area contributed by atoms with Crippen molar-refractivity contribution in [2.75, 3.05) is 31.5 Å². The first kappa shape index (κ1) is 18.4. The van der Waals surface area contributed by atoms with Gasteiger partial charge in [-0.15, -0.1) is 12.4 Å². The standard InChI is InChI=1S/C15H23N7O.ClH/c1-2-16-15(23)20-13-12-10-19-22(14(12)18-11-17-13)9-8-21-6-4-3-5-7-21;/h10-11H,2-9H2,1H3,(H2,16,17,18,20,23);1H. The summed E-state index contributed by atoms with van der Waals surface area (Å²) in [6.45, 7) is 6.53. The minimum atomic E-state index is -0.270. The summed E-state index contributed by atoms with van der Waals surface area (Å²) < 4.78 is 1.88. The van der Waals surface area contributed by atoms with Crippen LogP contribution in [0.1, 0.15) is 26.2 Å². The molecule has 132 valence electrons. The molecule has 0 atom stereocenters. The third kappa shape index (κ3) is 4.33. The Kier molecular flexibility index (Phi) is 6.74. The largest absolute Gasteiger partial charge is 0.338 e. The Hall–Kier alpha value is -1.93. The van der Waals surface area contributed by atoms with E-state index in [-0.39, 0.29) is 18.4 Å². The second-order valence-electron chi connectivity index (χ2n) is 5.71. The number of anilines is 1. The maximum Gasteiger partial charge on any atom is 0.320 e. The van der Waals surface area contributed by atoms with Gasteiger partial charge in [0.25, 0.3) is 0 Å². The highest BCUT2D eigenvalue weighted by Gasteiger charge is 2.14. The summed E-state index contributed by atoms with van der Waals surface area (Å²) in [5.41, 5.74) is 0.754. The number of hydrogen-bond acceptors (Lipinski definition) is 5. The molecule has 8 nitrogen and oxygen atoms in total. The summed E-state index contributed by atoms with van der Waals surface area (Å²) >= 11 is 0. The topological polar surface area (TPSA) is 88.0 Å². The highest BCUT2D eigenvalue weighted by molar-refractivity contribution is 5.97. The Morgan fingerprint density at radius 1 is 1.21 bits per heavy atom. The lowest BCUT2D eigenvalue weighted by Crippen LogP contribution is -2.32. The summed E-state index contributed by atoms with van der Waals surface area (Å²) in [4.78, 5) is 22.6. The predicted molar refractivity (Wildman–Crippen MR) is 95.6 cm³/mol. The lowest BCUT2D eigenvalue weighted by atomic mass is 10.1. The number of piperidine rings is 1. The Morgan fingerprint density at radius 3 is 2.75 bits per heavy atom. The first-order valence-corrected chi connectivity index (χ1v) is 8.21. The molecule has 1 fully saturated rings. The summed E-state index contributed by atoms with van der Waals surface area (Å²) in [6.07, 6.45) is 7.07. The molecule has 0 unspecified atom stereocenters. The average Bonchev–Trinajstić information content (AvgIpc) is 2.98. The van der Waals surface area contributed by atoms with Crippen molar-refractivity contribution in [2.45, 2.75) is 32.7 Å². The molecule has 2 aromatic rings. The number of nitrogens with one attached hydrogen (secondary N) is 2. The van der Waals surface area contributed by atoms with E-state index in [2.05, 4.69) is 30.6 Å². The summed E-state index contributed by atoms with van der Waals surface area (Å²) in [6, 6.07) is -0.270. The molecule has 2 N–H and O–H groups in total. The van der Waals surface area contributed by atoms with Gasteiger partial charge in [-0.05, 0) is 32.9 Å². The number of carbonyl (C=O) groups excluding carboxylic acids is 1. The number of aromatic nitrogens is 4. The normalized spacial score (nSPS) is 15.0. The second-order valence-corrected chi connectivity index (χ2v) is 5.71. The molecule has 1 aliphatic rings. The summed E-state index contributed by atoms with van der Waals surface area (Å²) in [5, 5.41) is 10.6. The van der Waals surface area contributed by atoms with Crippen LogP contribution in [-0.4, -0.2) is 56.9 Å². The number of rotatable bonds is 5. The van der Waals surface area contributed by atoms with Crippen LogP contribution in [0.5, 0.6) is 0 Å². The Bertz CT molecular complexity index is 669. The van der Waals surface area contributed by atoms with Crippen LogP contribution in [-0.2, 0) is 6.54 Å². The average molecular weight is 354 g/mol. The minimum Gasteiger partial charge on any atom is -0.338 e. The molecular weight excluding hydrogens is 330 g/mol. The predicted octanol–water partition coefficient (Wildman–Crippen LogP) is 1.88. The monoisotopic (exact) mass is 353 g/mol. The van der Waals surface area contributed by atoms with Crippen LogP contribution in [0.3, 0.4) is 0 Å². The fraction of sp³-hybridized carbons (Fsp3) is 0.600. The van der Waals surface area contributed by atoms with Gasteiger partial charge in [-0.2, -0.15) is 5.10 Å². The van der Waals surface area contributed by atoms with Crippen molar-refractivity contribution in [1.29, 1.82) is 0 Å². The molecule has 3 heterocycles. The number of fused-ring (bicyclic) bond motifs is 1. The lowest BCUT2D eigenvalue weighted by molar-refractivity contribution is 0.219. The van der Waals surface area contributed by atoms with E-state index in [1.807, 2.05) is 11.6 Å². The number of halogens is 1. The molecule has 1 aliphatic heterocycles. The molecule has 2 amide bonds. The zero-order chi connectivity index (χ0) is 16.1. The van der Waals surface area contributed by atoms with Crippen LogP contribution in [0.25, 0.3) is 11.0 Å². The van der Waals surface area contributed by atoms with Gasteiger partial charge < -0.3 is 10.2 Å². The van der Waals surface area contributed by atoms with Gasteiger partial charge in [0.2, 0.25) is 0 Å². The Morgan fingerprint density at radius 2 is 2.00 bits per heavy atom. The van der Waals surface area contributed by atoms with E-state index >= 15 is 0 Å². The number of nitrogens with zero attached hydrogens (tertiary/aromatic N) is 5. The van der Waals surface area contributed by atoms with Crippen molar-refractivity contribution in [3.63, 3.8) is 0 Å². The van der Waals surface area contributed by atoms with Crippen molar-refractivity contribution < 1.29 is 4.79 Å². The van der Waals surface area contributed by atoms with Gasteiger partial charge >= 0.3 is 6.03 Å². The third-order valence-corrected chi connectivity index (χ3v) is 4.08. The molecule has 1 saturated heterocycles. The fourth-order valence-corrected chi connectivity index (χ4v) is 2.89. The molecule has 9 heteroatoms. The summed E-state index contributed by atoms with van der Waals surface area (Å²) in [5.74, 6) is 0.491. The quantitative estimate of drug-likeness (QED) is 0.856. The molecule has 0 aromatic carbocycles. The molecule has 0 saturated carbocycles. The number of likely N-dealkylation sites (tertiary alicyclic amines) is 1. The molecular formula is C15H24ClN7O. The van der Waals surface area contributed by atoms with Gasteiger partial charge in [-0.3, -0.25) is 5.32 Å². The molecule has 3 rings (SSSR count). The number of amides is 2. The van der Waals surface area contributed by atoms with Crippen molar-refractivity contribution in [3.8, 4) is 0 Å². The van der Waals surface area contributed by atoms with Crippen LogP contribution in [0.2, 0.25) is 0 Å². The van der Waals surface area contributed by atoms with Gasteiger partial charge in [0.15, 0.2) is 5.65 Å². The maximum absolute atomic E-state index is 11.7. The minimum absolute atomic E-state index is 0. The Labute approximate surface area is 147 Å². The van der Waals surface area contributed by atoms with E-state index in [0.717, 1.165) is 37.2 Å². The SMILES string of the molecule is CCNC(=O)Nc1ncnc2c1cnn2CCN1CCCCC1.Cl. The fourth-order valence-electron chi connectivity index (χ4n) is 2.89. The van der Waals surface area contributed by atoms with Gasteiger partial charge in [0.05, 0.1) is 18.1 Å². The van der Waals surface area contributed by atoms with E-state index < -0.39 is 0 Å². The van der Waals surface area contributed by atoms with Crippen LogP contribution in [0.4, 0.5) is 10.6 Å². The second kappa shape index (κ2) is 8.79. The van der Waals surface area contributed by atoms with Crippen molar-refractivity contribution in [3.05, 3.63) is 12.5 Å². The maximum atomic E-state index is 11.7. The molecule has 0 spiro atoms. The van der Waals surface area contributed by atoms with E-state index in [4.69, 9.17) is 0 Å². The van der Waals surface area contributed by atoms with Crippen LogP contribution in [0, 0.1) is 0 Å². The lowest BCUT2D eigenvalue weighted by Gasteiger charge is -2.26. The van der Waals surface area contributed by atoms with Gasteiger partial charge in [-0.1, -0.05) is 6.42 Å². The molecule has 0 bridgehead atoms. The van der Waals surface area contributed by atoms with Gasteiger partial charge in [0.1, 0.15) is 12.1 Å². The molecule has 24 heavy (non-hydrogen) atoms. The Balaban J connectivity index is 0.00000208. The van der Waals surface area contributed by atoms with E-state index in [1.165, 1.54) is 25.6 Å². The van der Waals surface area contributed by atoms with Gasteiger partial charge in [0, 0.05) is 13.1 Å². The molecule has 0 radical (unpaired) electrons. The molecule has 2 aromatic heterocycles. The number of urea groups is 1. The zero-order valence-corrected chi connectivity index (χ0v) is 14.7. The van der Waals surface area contributed by atoms with E-state index in [1.54, 1.807) is 6.20 Å². The smallest absolute Gasteiger partial charge is 0.320 e. The van der Waals surface area contributed by atoms with Crippen molar-refractivity contribution >= 4 is 35.3 Å². The van der Waals surface area contributed by atoms with E-state index in [0.29, 0.717) is 12.4 Å². The zero-order valence-electron chi connectivity index (χ0n) is 13.9. The first-order chi connectivity index (χ1) is 11.3. The highest BCUT2D eigenvalue weighted by Crippen LogP contribution is 2.18. The van der Waals surface area contributed by atoms with Crippen molar-refractivity contribution in [1.82, 2.24) is 30.0 Å². The molecule has 0 aliphatic carbocycles. The third-order valence-electron chi connectivity index (χ3n) is 4.08. The summed E-state index contributed by atoms with van der Waals surface area (Å²) in [7, 11) is 0. The number of carbonyl (C=O) groups is 1. The number of hydrogen-bond donors (Lipinski definition) is 2. The van der Waals surface area contributed by atoms with E-state index in [9.17, 15) is 4.79 Å². The highest BCUT2D eigenvalue weighted by atomic mass is 35.5.